The highest BCUT2D eigenvalue weighted by atomic mass is 32.2. The van der Waals surface area contributed by atoms with Crippen LogP contribution in [0.4, 0.5) is 0 Å². The highest BCUT2D eigenvalue weighted by Gasteiger charge is 2.23. The van der Waals surface area contributed by atoms with E-state index >= 15 is 0 Å². The first-order valence-electron chi connectivity index (χ1n) is 7.92. The van der Waals surface area contributed by atoms with Gasteiger partial charge in [-0.25, -0.2) is 9.97 Å². The average Bonchev–Trinajstić information content (AvgIpc) is 2.58. The smallest absolute Gasteiger partial charge is 0.226 e. The lowest BCUT2D eigenvalue weighted by Gasteiger charge is -2.28. The van der Waals surface area contributed by atoms with Gasteiger partial charge in [0, 0.05) is 35.6 Å². The molecule has 3 rings (SSSR count). The largest absolute Gasteiger partial charge is 0.353 e. The Morgan fingerprint density at radius 1 is 1.04 bits per heavy atom. The molecule has 0 unspecified atom stereocenters. The highest BCUT2D eigenvalue weighted by molar-refractivity contribution is 7.99. The molecule has 0 spiro atoms. The molecule has 2 heterocycles. The van der Waals surface area contributed by atoms with Crippen LogP contribution in [-0.4, -0.2) is 32.2 Å². The lowest BCUT2D eigenvalue weighted by molar-refractivity contribution is -0.121. The summed E-state index contributed by atoms with van der Waals surface area (Å²) in [6, 6.07) is 7.76. The number of amides is 1. The van der Waals surface area contributed by atoms with Crippen molar-refractivity contribution in [2.45, 2.75) is 48.6 Å². The third kappa shape index (κ3) is 5.03. The molecule has 1 amide bonds. The number of thioether (sulfide) groups is 1. The zero-order chi connectivity index (χ0) is 15.9. The minimum atomic E-state index is 0.0613. The van der Waals surface area contributed by atoms with Gasteiger partial charge < -0.3 is 5.32 Å². The van der Waals surface area contributed by atoms with E-state index < -0.39 is 0 Å². The van der Waals surface area contributed by atoms with Gasteiger partial charge in [0.25, 0.3) is 0 Å². The van der Waals surface area contributed by atoms with Crippen LogP contribution in [0.5, 0.6) is 0 Å². The van der Waals surface area contributed by atoms with Crippen molar-refractivity contribution in [3.8, 4) is 0 Å². The normalized spacial score (nSPS) is 20.9. The van der Waals surface area contributed by atoms with Crippen LogP contribution in [0.25, 0.3) is 0 Å². The maximum absolute atomic E-state index is 12.1. The standard InChI is InChI=1S/C17H20N4OS/c22-16(12-14-4-1-2-9-18-14)21-13-5-7-15(8-6-13)23-17-19-10-3-11-20-17/h1-4,9-11,13,15H,5-8,12H2,(H,21,22). The van der Waals surface area contributed by atoms with E-state index in [0.29, 0.717) is 11.7 Å². The number of rotatable bonds is 5. The summed E-state index contributed by atoms with van der Waals surface area (Å²) >= 11 is 1.74. The number of nitrogens with one attached hydrogen (secondary N) is 1. The summed E-state index contributed by atoms with van der Waals surface area (Å²) in [5.41, 5.74) is 0.815. The summed E-state index contributed by atoms with van der Waals surface area (Å²) in [7, 11) is 0. The van der Waals surface area contributed by atoms with E-state index in [2.05, 4.69) is 20.3 Å². The fourth-order valence-corrected chi connectivity index (χ4v) is 3.82. The van der Waals surface area contributed by atoms with Crippen LogP contribution in [0, 0.1) is 0 Å². The Bertz CT molecular complexity index is 615. The third-order valence-electron chi connectivity index (χ3n) is 3.92. The van der Waals surface area contributed by atoms with E-state index in [-0.39, 0.29) is 11.9 Å². The minimum absolute atomic E-state index is 0.0613. The molecule has 1 aliphatic carbocycles. The van der Waals surface area contributed by atoms with Gasteiger partial charge in [-0.3, -0.25) is 9.78 Å². The van der Waals surface area contributed by atoms with Gasteiger partial charge in [-0.15, -0.1) is 0 Å². The van der Waals surface area contributed by atoms with Crippen molar-refractivity contribution >= 4 is 17.7 Å². The number of nitrogens with zero attached hydrogens (tertiary/aromatic N) is 3. The van der Waals surface area contributed by atoms with Crippen molar-refractivity contribution in [2.75, 3.05) is 0 Å². The van der Waals surface area contributed by atoms with E-state index in [1.54, 1.807) is 30.4 Å². The SMILES string of the molecule is O=C(Cc1ccccn1)NC1CCC(Sc2ncccn2)CC1. The van der Waals surface area contributed by atoms with Crippen LogP contribution >= 0.6 is 11.8 Å². The number of pyridine rings is 1. The summed E-state index contributed by atoms with van der Waals surface area (Å²) in [6.07, 6.45) is 9.81. The molecule has 0 radical (unpaired) electrons. The number of aromatic nitrogens is 3. The van der Waals surface area contributed by atoms with Gasteiger partial charge >= 0.3 is 0 Å². The Morgan fingerprint density at radius 3 is 2.48 bits per heavy atom. The van der Waals surface area contributed by atoms with Crippen LogP contribution < -0.4 is 5.32 Å². The minimum Gasteiger partial charge on any atom is -0.353 e. The van der Waals surface area contributed by atoms with Crippen LogP contribution in [0.15, 0.2) is 48.0 Å². The summed E-state index contributed by atoms with van der Waals surface area (Å²) in [6.45, 7) is 0. The van der Waals surface area contributed by atoms with Gasteiger partial charge in [0.2, 0.25) is 5.91 Å². The molecular formula is C17H20N4OS. The predicted molar refractivity (Wildman–Crippen MR) is 90.0 cm³/mol. The molecule has 0 bridgehead atoms. The van der Waals surface area contributed by atoms with Crippen LogP contribution in [0.3, 0.4) is 0 Å². The van der Waals surface area contributed by atoms with E-state index in [1.165, 1.54) is 0 Å². The van der Waals surface area contributed by atoms with E-state index in [0.717, 1.165) is 36.5 Å². The number of hydrogen-bond donors (Lipinski definition) is 1. The first-order chi connectivity index (χ1) is 11.3. The third-order valence-corrected chi connectivity index (χ3v) is 5.15. The Balaban J connectivity index is 1.41. The fraction of sp³-hybridized carbons (Fsp3) is 0.412. The molecule has 2 aromatic rings. The number of carbonyl (C=O) groups excluding carboxylic acids is 1. The Morgan fingerprint density at radius 2 is 1.78 bits per heavy atom. The van der Waals surface area contributed by atoms with Gasteiger partial charge in [-0.1, -0.05) is 17.8 Å². The molecule has 0 saturated heterocycles. The molecule has 1 fully saturated rings. The van der Waals surface area contributed by atoms with Crippen molar-refractivity contribution in [1.29, 1.82) is 0 Å². The molecule has 1 saturated carbocycles. The number of carbonyl (C=O) groups is 1. The molecule has 0 aromatic carbocycles. The van der Waals surface area contributed by atoms with E-state index in [9.17, 15) is 4.79 Å². The van der Waals surface area contributed by atoms with Crippen molar-refractivity contribution in [1.82, 2.24) is 20.3 Å². The molecule has 6 heteroatoms. The van der Waals surface area contributed by atoms with E-state index in [4.69, 9.17) is 0 Å². The van der Waals surface area contributed by atoms with Crippen LogP contribution in [0.2, 0.25) is 0 Å². The van der Waals surface area contributed by atoms with Gasteiger partial charge in [-0.05, 0) is 43.9 Å². The molecule has 5 nitrogen and oxygen atoms in total. The van der Waals surface area contributed by atoms with Crippen LogP contribution in [-0.2, 0) is 11.2 Å². The monoisotopic (exact) mass is 328 g/mol. The first-order valence-corrected chi connectivity index (χ1v) is 8.80. The van der Waals surface area contributed by atoms with Gasteiger partial charge in [0.05, 0.1) is 6.42 Å². The second-order valence-corrected chi connectivity index (χ2v) is 6.96. The maximum atomic E-state index is 12.1. The second kappa shape index (κ2) is 8.06. The van der Waals surface area contributed by atoms with Crippen molar-refractivity contribution < 1.29 is 4.79 Å². The van der Waals surface area contributed by atoms with Crippen molar-refractivity contribution in [3.63, 3.8) is 0 Å². The quantitative estimate of drug-likeness (QED) is 0.855. The summed E-state index contributed by atoms with van der Waals surface area (Å²) < 4.78 is 0. The molecule has 1 N–H and O–H groups in total. The van der Waals surface area contributed by atoms with Gasteiger partial charge in [0.15, 0.2) is 5.16 Å². The zero-order valence-corrected chi connectivity index (χ0v) is 13.7. The van der Waals surface area contributed by atoms with Gasteiger partial charge in [-0.2, -0.15) is 0 Å². The lowest BCUT2D eigenvalue weighted by atomic mass is 9.95. The number of hydrogen-bond acceptors (Lipinski definition) is 5. The average molecular weight is 328 g/mol. The zero-order valence-electron chi connectivity index (χ0n) is 12.9. The first kappa shape index (κ1) is 15.9. The highest BCUT2D eigenvalue weighted by Crippen LogP contribution is 2.31. The summed E-state index contributed by atoms with van der Waals surface area (Å²) in [4.78, 5) is 24.8. The Kier molecular flexibility index (Phi) is 5.58. The van der Waals surface area contributed by atoms with Crippen LogP contribution in [0.1, 0.15) is 31.4 Å². The fourth-order valence-electron chi connectivity index (χ4n) is 2.77. The van der Waals surface area contributed by atoms with Crippen molar-refractivity contribution in [3.05, 3.63) is 48.5 Å². The molecule has 2 aromatic heterocycles. The molecule has 23 heavy (non-hydrogen) atoms. The Hall–Kier alpha value is -1.95. The molecule has 0 aliphatic heterocycles. The molecule has 0 atom stereocenters. The molecule has 1 aliphatic rings. The van der Waals surface area contributed by atoms with Gasteiger partial charge in [0.1, 0.15) is 0 Å². The second-order valence-electron chi connectivity index (χ2n) is 5.69. The topological polar surface area (TPSA) is 67.8 Å². The summed E-state index contributed by atoms with van der Waals surface area (Å²) in [5, 5.41) is 4.52. The predicted octanol–water partition coefficient (Wildman–Crippen LogP) is 2.63. The maximum Gasteiger partial charge on any atom is 0.226 e. The lowest BCUT2D eigenvalue weighted by Crippen LogP contribution is -2.39. The summed E-state index contributed by atoms with van der Waals surface area (Å²) in [5.74, 6) is 0.0613. The Labute approximate surface area is 140 Å². The molecule has 120 valence electrons. The molecular weight excluding hydrogens is 308 g/mol. The van der Waals surface area contributed by atoms with E-state index in [1.807, 2.05) is 24.3 Å². The van der Waals surface area contributed by atoms with Crippen molar-refractivity contribution in [2.24, 2.45) is 0 Å².